The second-order valence-corrected chi connectivity index (χ2v) is 6.09. The first-order valence-corrected chi connectivity index (χ1v) is 6.85. The van der Waals surface area contributed by atoms with Gasteiger partial charge in [-0.15, -0.1) is 0 Å². The van der Waals surface area contributed by atoms with Crippen molar-refractivity contribution >= 4 is 6.09 Å². The van der Waals surface area contributed by atoms with E-state index in [1.54, 1.807) is 25.7 Å². The van der Waals surface area contributed by atoms with Crippen LogP contribution in [-0.2, 0) is 4.74 Å². The Balaban J connectivity index is 2.41. The van der Waals surface area contributed by atoms with Crippen LogP contribution in [0.1, 0.15) is 40.0 Å². The topological polar surface area (TPSA) is 41.6 Å². The summed E-state index contributed by atoms with van der Waals surface area (Å²) < 4.78 is 41.7. The number of hydrogen-bond acceptors (Lipinski definition) is 3. The average Bonchev–Trinajstić information content (AvgIpc) is 2.48. The van der Waals surface area contributed by atoms with E-state index in [1.807, 2.05) is 0 Å². The molecule has 0 bridgehead atoms. The number of alkyl halides is 3. The van der Waals surface area contributed by atoms with Gasteiger partial charge in [-0.25, -0.2) is 4.79 Å². The standard InChI is InChI=1S/C13H23F3N2O2/c1-12(2,3)20-11(19)18-7-4-5-10(6-8-18)17-9-13(14,15)16/h10,17H,4-9H2,1-3H3. The first-order chi connectivity index (χ1) is 9.07. The molecular weight excluding hydrogens is 273 g/mol. The smallest absolute Gasteiger partial charge is 0.410 e. The largest absolute Gasteiger partial charge is 0.444 e. The lowest BCUT2D eigenvalue weighted by atomic mass is 10.1. The maximum Gasteiger partial charge on any atom is 0.410 e. The van der Waals surface area contributed by atoms with Crippen LogP contribution in [0, 0.1) is 0 Å². The highest BCUT2D eigenvalue weighted by atomic mass is 19.4. The van der Waals surface area contributed by atoms with Gasteiger partial charge in [0.2, 0.25) is 0 Å². The fourth-order valence-corrected chi connectivity index (χ4v) is 2.07. The quantitative estimate of drug-likeness (QED) is 0.852. The van der Waals surface area contributed by atoms with Gasteiger partial charge in [-0.2, -0.15) is 13.2 Å². The predicted molar refractivity (Wildman–Crippen MR) is 69.5 cm³/mol. The first kappa shape index (κ1) is 17.1. The number of likely N-dealkylation sites (tertiary alicyclic amines) is 1. The summed E-state index contributed by atoms with van der Waals surface area (Å²) in [5.41, 5.74) is -0.558. The third-order valence-electron chi connectivity index (χ3n) is 2.97. The minimum atomic E-state index is -4.20. The highest BCUT2D eigenvalue weighted by molar-refractivity contribution is 5.68. The van der Waals surface area contributed by atoms with Crippen molar-refractivity contribution in [1.29, 1.82) is 0 Å². The molecule has 1 heterocycles. The van der Waals surface area contributed by atoms with Crippen LogP contribution < -0.4 is 5.32 Å². The molecule has 1 aliphatic rings. The third-order valence-corrected chi connectivity index (χ3v) is 2.97. The molecule has 0 radical (unpaired) electrons. The first-order valence-electron chi connectivity index (χ1n) is 6.85. The Kier molecular flexibility index (Phi) is 5.68. The Hall–Kier alpha value is -0.980. The number of hydrogen-bond donors (Lipinski definition) is 1. The van der Waals surface area contributed by atoms with Gasteiger partial charge in [0.25, 0.3) is 0 Å². The molecular formula is C13H23F3N2O2. The maximum absolute atomic E-state index is 12.2. The van der Waals surface area contributed by atoms with Crippen molar-refractivity contribution in [3.05, 3.63) is 0 Å². The number of nitrogens with zero attached hydrogens (tertiary/aromatic N) is 1. The van der Waals surface area contributed by atoms with Crippen molar-refractivity contribution in [1.82, 2.24) is 10.2 Å². The Morgan fingerprint density at radius 1 is 1.25 bits per heavy atom. The number of carbonyl (C=O) groups is 1. The van der Waals surface area contributed by atoms with Crippen LogP contribution in [0.25, 0.3) is 0 Å². The van der Waals surface area contributed by atoms with E-state index in [1.165, 1.54) is 0 Å². The minimum Gasteiger partial charge on any atom is -0.444 e. The van der Waals surface area contributed by atoms with Crippen LogP contribution in [0.3, 0.4) is 0 Å². The second-order valence-electron chi connectivity index (χ2n) is 6.09. The molecule has 1 fully saturated rings. The normalized spacial score (nSPS) is 21.5. The van der Waals surface area contributed by atoms with Gasteiger partial charge in [0, 0.05) is 19.1 Å². The molecule has 0 aromatic carbocycles. The van der Waals surface area contributed by atoms with Crippen LogP contribution in [0.4, 0.5) is 18.0 Å². The lowest BCUT2D eigenvalue weighted by molar-refractivity contribution is -0.126. The molecule has 0 aliphatic carbocycles. The number of halogens is 3. The predicted octanol–water partition coefficient (Wildman–Crippen LogP) is 2.93. The molecule has 1 rings (SSSR count). The van der Waals surface area contributed by atoms with Crippen LogP contribution in [0.2, 0.25) is 0 Å². The van der Waals surface area contributed by atoms with Crippen molar-refractivity contribution in [2.45, 2.75) is 57.9 Å². The van der Waals surface area contributed by atoms with Crippen molar-refractivity contribution < 1.29 is 22.7 Å². The molecule has 1 N–H and O–H groups in total. The highest BCUT2D eigenvalue weighted by Gasteiger charge is 2.30. The summed E-state index contributed by atoms with van der Waals surface area (Å²) in [6, 6.07) is -0.205. The summed E-state index contributed by atoms with van der Waals surface area (Å²) in [5, 5.41) is 2.51. The van der Waals surface area contributed by atoms with Gasteiger partial charge < -0.3 is 15.0 Å². The van der Waals surface area contributed by atoms with Crippen molar-refractivity contribution in [3.63, 3.8) is 0 Å². The molecule has 1 saturated heterocycles. The van der Waals surface area contributed by atoms with Crippen LogP contribution in [-0.4, -0.2) is 48.4 Å². The van der Waals surface area contributed by atoms with Gasteiger partial charge >= 0.3 is 12.3 Å². The Labute approximate surface area is 117 Å². The Morgan fingerprint density at radius 3 is 2.45 bits per heavy atom. The molecule has 0 aromatic heterocycles. The molecule has 7 heteroatoms. The van der Waals surface area contributed by atoms with E-state index in [4.69, 9.17) is 4.74 Å². The van der Waals surface area contributed by atoms with E-state index in [2.05, 4.69) is 5.32 Å². The summed E-state index contributed by atoms with van der Waals surface area (Å²) in [7, 11) is 0. The molecule has 1 unspecified atom stereocenters. The van der Waals surface area contributed by atoms with Gasteiger partial charge in [-0.1, -0.05) is 0 Å². The zero-order valence-corrected chi connectivity index (χ0v) is 12.2. The van der Waals surface area contributed by atoms with E-state index in [-0.39, 0.29) is 6.04 Å². The van der Waals surface area contributed by atoms with E-state index >= 15 is 0 Å². The molecule has 0 spiro atoms. The monoisotopic (exact) mass is 296 g/mol. The van der Waals surface area contributed by atoms with Crippen molar-refractivity contribution in [3.8, 4) is 0 Å². The van der Waals surface area contributed by atoms with Gasteiger partial charge in [-0.3, -0.25) is 0 Å². The summed E-state index contributed by atoms with van der Waals surface area (Å²) in [5.74, 6) is 0. The summed E-state index contributed by atoms with van der Waals surface area (Å²) in [6.07, 6.45) is -2.77. The average molecular weight is 296 g/mol. The van der Waals surface area contributed by atoms with E-state index in [0.717, 1.165) is 0 Å². The van der Waals surface area contributed by atoms with Crippen LogP contribution >= 0.6 is 0 Å². The molecule has 4 nitrogen and oxygen atoms in total. The molecule has 1 amide bonds. The highest BCUT2D eigenvalue weighted by Crippen LogP contribution is 2.17. The van der Waals surface area contributed by atoms with Gasteiger partial charge in [0.1, 0.15) is 5.60 Å². The Bertz CT molecular complexity index is 327. The fraction of sp³-hybridized carbons (Fsp3) is 0.923. The lowest BCUT2D eigenvalue weighted by Crippen LogP contribution is -2.39. The van der Waals surface area contributed by atoms with E-state index in [9.17, 15) is 18.0 Å². The second kappa shape index (κ2) is 6.65. The maximum atomic E-state index is 12.2. The molecule has 0 saturated carbocycles. The van der Waals surface area contributed by atoms with E-state index in [0.29, 0.717) is 32.4 Å². The molecule has 118 valence electrons. The third kappa shape index (κ3) is 6.98. The zero-order chi connectivity index (χ0) is 15.4. The number of rotatable bonds is 2. The molecule has 0 aromatic rings. The lowest BCUT2D eigenvalue weighted by Gasteiger charge is -2.26. The zero-order valence-electron chi connectivity index (χ0n) is 12.2. The van der Waals surface area contributed by atoms with Crippen LogP contribution in [0.5, 0.6) is 0 Å². The minimum absolute atomic E-state index is 0.205. The van der Waals surface area contributed by atoms with Gasteiger partial charge in [-0.05, 0) is 40.0 Å². The van der Waals surface area contributed by atoms with Gasteiger partial charge in [0.05, 0.1) is 6.54 Å². The number of amides is 1. The molecule has 20 heavy (non-hydrogen) atoms. The number of nitrogens with one attached hydrogen (secondary N) is 1. The fourth-order valence-electron chi connectivity index (χ4n) is 2.07. The van der Waals surface area contributed by atoms with E-state index < -0.39 is 24.4 Å². The van der Waals surface area contributed by atoms with Crippen molar-refractivity contribution in [2.75, 3.05) is 19.6 Å². The van der Waals surface area contributed by atoms with Crippen LogP contribution in [0.15, 0.2) is 0 Å². The SMILES string of the molecule is CC(C)(C)OC(=O)N1CCCC(NCC(F)(F)F)CC1. The summed E-state index contributed by atoms with van der Waals surface area (Å²) in [4.78, 5) is 13.5. The van der Waals surface area contributed by atoms with Gasteiger partial charge in [0.15, 0.2) is 0 Å². The molecule has 1 atom stereocenters. The number of ether oxygens (including phenoxy) is 1. The summed E-state index contributed by atoms with van der Waals surface area (Å²) in [6.45, 7) is 5.33. The van der Waals surface area contributed by atoms with Crippen molar-refractivity contribution in [2.24, 2.45) is 0 Å². The number of carbonyl (C=O) groups excluding carboxylic acids is 1. The molecule has 1 aliphatic heterocycles. The summed E-state index contributed by atoms with van der Waals surface area (Å²) >= 11 is 0. The Morgan fingerprint density at radius 2 is 1.90 bits per heavy atom.